The minimum atomic E-state index is -0.370. The van der Waals surface area contributed by atoms with Gasteiger partial charge in [-0.15, -0.1) is 12.8 Å². The van der Waals surface area contributed by atoms with Crippen molar-refractivity contribution >= 4 is 23.3 Å². The Morgan fingerprint density at radius 3 is 2.35 bits per heavy atom. The van der Waals surface area contributed by atoms with Crippen LogP contribution in [-0.2, 0) is 4.79 Å². The van der Waals surface area contributed by atoms with Gasteiger partial charge in [0, 0.05) is 12.6 Å². The number of nitrogens with one attached hydrogen (secondary N) is 1. The number of amides is 1. The second kappa shape index (κ2) is 13.9. The first kappa shape index (κ1) is 22.2. The highest BCUT2D eigenvalue weighted by Crippen LogP contribution is 2.11. The molecule has 2 N–H and O–H groups in total. The van der Waals surface area contributed by atoms with Gasteiger partial charge in [-0.2, -0.15) is 0 Å². The lowest BCUT2D eigenvalue weighted by Crippen LogP contribution is -2.23. The van der Waals surface area contributed by atoms with Crippen molar-refractivity contribution in [1.82, 2.24) is 5.32 Å². The van der Waals surface area contributed by atoms with Crippen molar-refractivity contribution in [3.8, 4) is 12.8 Å². The summed E-state index contributed by atoms with van der Waals surface area (Å²) in [5, 5.41) is 9.95. The van der Waals surface area contributed by atoms with Crippen molar-refractivity contribution in [2.24, 2.45) is 0 Å². The third-order valence-electron chi connectivity index (χ3n) is 2.20. The molecule has 1 aromatic carbocycles. The van der Waals surface area contributed by atoms with Crippen LogP contribution in [0.15, 0.2) is 39.5 Å². The standard InChI is InChI=1S/C12H11NO3.C2H6.C2H2.CH2O2/c1-2-13-12(15)11-7-9(14)8-5-3-4-6-10(8)16-11;2*1-2;2-1-3/h3-7H,2H2,1H3,(H,13,15);1-2H3;1-2H;1H,(H,2,3). The van der Waals surface area contributed by atoms with Crippen molar-refractivity contribution in [2.75, 3.05) is 6.54 Å². The monoisotopic (exact) mass is 319 g/mol. The van der Waals surface area contributed by atoms with Crippen LogP contribution in [-0.4, -0.2) is 24.0 Å². The summed E-state index contributed by atoms with van der Waals surface area (Å²) in [6.45, 7) is 6.05. The minimum absolute atomic E-state index is 0.0468. The van der Waals surface area contributed by atoms with E-state index in [9.17, 15) is 9.59 Å². The van der Waals surface area contributed by atoms with Crippen LogP contribution in [0.4, 0.5) is 0 Å². The molecule has 1 aromatic heterocycles. The molecule has 1 heterocycles. The summed E-state index contributed by atoms with van der Waals surface area (Å²) in [4.78, 5) is 31.5. The van der Waals surface area contributed by atoms with Crippen molar-refractivity contribution in [2.45, 2.75) is 20.8 Å². The molecule has 0 bridgehead atoms. The highest BCUT2D eigenvalue weighted by Gasteiger charge is 2.10. The van der Waals surface area contributed by atoms with E-state index in [1.54, 1.807) is 31.2 Å². The first-order valence-corrected chi connectivity index (χ1v) is 6.86. The number of terminal acetylenes is 1. The Morgan fingerprint density at radius 1 is 1.30 bits per heavy atom. The predicted octanol–water partition coefficient (Wildman–Crippen LogP) is 2.52. The summed E-state index contributed by atoms with van der Waals surface area (Å²) in [6, 6.07) is 8.06. The minimum Gasteiger partial charge on any atom is -0.483 e. The summed E-state index contributed by atoms with van der Waals surface area (Å²) in [7, 11) is 0. The predicted molar refractivity (Wildman–Crippen MR) is 90.4 cm³/mol. The maximum atomic E-state index is 11.7. The summed E-state index contributed by atoms with van der Waals surface area (Å²) < 4.78 is 5.34. The van der Waals surface area contributed by atoms with Gasteiger partial charge >= 0.3 is 0 Å². The van der Waals surface area contributed by atoms with Gasteiger partial charge in [-0.3, -0.25) is 14.4 Å². The van der Waals surface area contributed by atoms with E-state index in [-0.39, 0.29) is 23.6 Å². The normalized spacial score (nSPS) is 8.04. The average molecular weight is 319 g/mol. The molecule has 0 fully saturated rings. The van der Waals surface area contributed by atoms with E-state index in [4.69, 9.17) is 14.3 Å². The zero-order valence-corrected chi connectivity index (χ0v) is 13.4. The number of carboxylic acid groups (broad SMARTS) is 1. The SMILES string of the molecule is C#C.CC.CCNC(=O)c1cc(=O)c2ccccc2o1.O=CO. The zero-order chi connectivity index (χ0) is 18.3. The summed E-state index contributed by atoms with van der Waals surface area (Å²) in [5.74, 6) is -0.323. The fourth-order valence-corrected chi connectivity index (χ4v) is 1.46. The summed E-state index contributed by atoms with van der Waals surface area (Å²) in [5.41, 5.74) is 0.222. The number of hydrogen-bond acceptors (Lipinski definition) is 4. The van der Waals surface area contributed by atoms with E-state index >= 15 is 0 Å². The largest absolute Gasteiger partial charge is 0.483 e. The average Bonchev–Trinajstić information content (AvgIpc) is 2.59. The Kier molecular flexibility index (Phi) is 13.4. The molecule has 6 nitrogen and oxygen atoms in total. The van der Waals surface area contributed by atoms with Gasteiger partial charge in [-0.05, 0) is 19.1 Å². The van der Waals surface area contributed by atoms with E-state index in [1.165, 1.54) is 6.07 Å². The molecular weight excluding hydrogens is 298 g/mol. The Labute approximate surface area is 135 Å². The number of carbonyl (C=O) groups excluding carboxylic acids is 1. The third kappa shape index (κ3) is 7.48. The van der Waals surface area contributed by atoms with Crippen LogP contribution in [0.2, 0.25) is 0 Å². The van der Waals surface area contributed by atoms with Gasteiger partial charge in [-0.25, -0.2) is 0 Å². The lowest BCUT2D eigenvalue weighted by Gasteiger charge is -2.02. The van der Waals surface area contributed by atoms with E-state index in [1.807, 2.05) is 13.8 Å². The van der Waals surface area contributed by atoms with Crippen molar-refractivity contribution in [3.05, 3.63) is 46.3 Å². The number of hydrogen-bond donors (Lipinski definition) is 2. The topological polar surface area (TPSA) is 96.6 Å². The van der Waals surface area contributed by atoms with Crippen LogP contribution in [0, 0.1) is 12.8 Å². The number of para-hydroxylation sites is 1. The lowest BCUT2D eigenvalue weighted by molar-refractivity contribution is -0.122. The second-order valence-electron chi connectivity index (χ2n) is 3.44. The fraction of sp³-hybridized carbons (Fsp3) is 0.235. The number of carbonyl (C=O) groups is 2. The molecule has 1 amide bonds. The summed E-state index contributed by atoms with van der Waals surface area (Å²) >= 11 is 0. The third-order valence-corrected chi connectivity index (χ3v) is 2.20. The van der Waals surface area contributed by atoms with E-state index < -0.39 is 0 Å². The van der Waals surface area contributed by atoms with Crippen LogP contribution >= 0.6 is 0 Å². The van der Waals surface area contributed by atoms with Crippen molar-refractivity contribution in [1.29, 1.82) is 0 Å². The van der Waals surface area contributed by atoms with Crippen molar-refractivity contribution < 1.29 is 19.1 Å². The van der Waals surface area contributed by atoms with Crippen LogP contribution in [0.1, 0.15) is 31.3 Å². The highest BCUT2D eigenvalue weighted by molar-refractivity contribution is 5.93. The van der Waals surface area contributed by atoms with Crippen LogP contribution in [0.3, 0.4) is 0 Å². The van der Waals surface area contributed by atoms with Gasteiger partial charge in [0.15, 0.2) is 11.2 Å². The molecule has 0 spiro atoms. The highest BCUT2D eigenvalue weighted by atomic mass is 16.3. The first-order valence-electron chi connectivity index (χ1n) is 6.86. The molecule has 0 aliphatic heterocycles. The van der Waals surface area contributed by atoms with Gasteiger partial charge in [0.25, 0.3) is 12.4 Å². The molecule has 0 saturated heterocycles. The maximum absolute atomic E-state index is 11.7. The fourth-order valence-electron chi connectivity index (χ4n) is 1.46. The van der Waals surface area contributed by atoms with Gasteiger partial charge in [0.2, 0.25) is 0 Å². The number of rotatable bonds is 2. The molecule has 2 rings (SSSR count). The Morgan fingerprint density at radius 2 is 1.83 bits per heavy atom. The van der Waals surface area contributed by atoms with Crippen molar-refractivity contribution in [3.63, 3.8) is 0 Å². The van der Waals surface area contributed by atoms with Gasteiger partial charge in [0.05, 0.1) is 5.39 Å². The number of fused-ring (bicyclic) bond motifs is 1. The smallest absolute Gasteiger partial charge is 0.290 e. The Hall–Kier alpha value is -3.07. The summed E-state index contributed by atoms with van der Waals surface area (Å²) in [6.07, 6.45) is 8.00. The first-order chi connectivity index (χ1) is 11.1. The molecule has 6 heteroatoms. The molecule has 124 valence electrons. The quantitative estimate of drug-likeness (QED) is 0.655. The Balaban J connectivity index is 0. The molecule has 23 heavy (non-hydrogen) atoms. The molecule has 2 aromatic rings. The van der Waals surface area contributed by atoms with Crippen LogP contribution in [0.5, 0.6) is 0 Å². The van der Waals surface area contributed by atoms with E-state index in [0.29, 0.717) is 17.5 Å². The van der Waals surface area contributed by atoms with E-state index in [2.05, 4.69) is 18.2 Å². The molecular formula is C17H21NO5. The molecule has 0 aliphatic carbocycles. The molecule has 0 radical (unpaired) electrons. The Bertz CT molecular complexity index is 673. The molecule has 0 atom stereocenters. The number of benzene rings is 1. The lowest BCUT2D eigenvalue weighted by atomic mass is 10.2. The van der Waals surface area contributed by atoms with Crippen LogP contribution in [0.25, 0.3) is 11.0 Å². The zero-order valence-electron chi connectivity index (χ0n) is 13.4. The van der Waals surface area contributed by atoms with E-state index in [0.717, 1.165) is 0 Å². The maximum Gasteiger partial charge on any atom is 0.290 e. The second-order valence-corrected chi connectivity index (χ2v) is 3.44. The van der Waals surface area contributed by atoms with Gasteiger partial charge in [0.1, 0.15) is 5.58 Å². The molecule has 0 saturated carbocycles. The molecule has 0 aliphatic rings. The van der Waals surface area contributed by atoms with Gasteiger partial charge < -0.3 is 14.8 Å². The molecule has 0 unspecified atom stereocenters. The van der Waals surface area contributed by atoms with Crippen LogP contribution < -0.4 is 10.7 Å². The van der Waals surface area contributed by atoms with Gasteiger partial charge in [-0.1, -0.05) is 26.0 Å².